The molecule has 3 N–H and O–H groups in total. The Balaban J connectivity index is 2.54. The smallest absolute Gasteiger partial charge is 0.459 e. The van der Waals surface area contributed by atoms with Crippen molar-refractivity contribution in [3.63, 3.8) is 0 Å². The molecule has 11 heteroatoms. The number of alkyl halides is 3. The predicted octanol–water partition coefficient (Wildman–Crippen LogP) is -0.811. The summed E-state index contributed by atoms with van der Waals surface area (Å²) in [6, 6.07) is 0. The van der Waals surface area contributed by atoms with E-state index in [4.69, 9.17) is 15.3 Å². The minimum absolute atomic E-state index is 0.0293. The quantitative estimate of drug-likeness (QED) is 0.171. The van der Waals surface area contributed by atoms with E-state index in [1.165, 1.54) is 0 Å². The van der Waals surface area contributed by atoms with Gasteiger partial charge in [-0.1, -0.05) is 0 Å². The fraction of sp³-hybridized carbons (Fsp3) is 0.778. The zero-order valence-corrected chi connectivity index (χ0v) is 10.2. The van der Waals surface area contributed by atoms with Crippen LogP contribution in [0, 0.1) is 0 Å². The van der Waals surface area contributed by atoms with Gasteiger partial charge in [0.2, 0.25) is 0 Å². The van der Waals surface area contributed by atoms with Crippen molar-refractivity contribution in [3.8, 4) is 0 Å². The normalized spacial score (nSPS) is 18.4. The molecule has 0 bridgehead atoms. The van der Waals surface area contributed by atoms with Crippen molar-refractivity contribution in [2.75, 3.05) is 26.4 Å². The van der Waals surface area contributed by atoms with E-state index in [9.17, 15) is 22.8 Å². The van der Waals surface area contributed by atoms with Gasteiger partial charge >= 0.3 is 24.0 Å². The van der Waals surface area contributed by atoms with E-state index in [0.29, 0.717) is 6.42 Å². The Bertz CT molecular complexity index is 356. The van der Waals surface area contributed by atoms with Crippen molar-refractivity contribution in [3.05, 3.63) is 0 Å². The third-order valence-electron chi connectivity index (χ3n) is 2.18. The number of hydrogen-bond donors (Lipinski definition) is 2. The molecule has 0 atom stereocenters. The van der Waals surface area contributed by atoms with Crippen molar-refractivity contribution in [1.29, 1.82) is 0 Å². The van der Waals surface area contributed by atoms with E-state index in [1.807, 2.05) is 0 Å². The fourth-order valence-electron chi connectivity index (χ4n) is 1.36. The van der Waals surface area contributed by atoms with Gasteiger partial charge in [0.05, 0.1) is 19.8 Å². The Kier molecular flexibility index (Phi) is 5.68. The Morgan fingerprint density at radius 2 is 1.85 bits per heavy atom. The maximum absolute atomic E-state index is 11.7. The van der Waals surface area contributed by atoms with Gasteiger partial charge < -0.3 is 14.2 Å². The van der Waals surface area contributed by atoms with Gasteiger partial charge in [-0.2, -0.15) is 0 Å². The number of ether oxygens (including phenoxy) is 4. The maximum atomic E-state index is 11.7. The van der Waals surface area contributed by atoms with Crippen LogP contribution in [0.15, 0.2) is 0 Å². The lowest BCUT2D eigenvalue weighted by Crippen LogP contribution is -2.60. The van der Waals surface area contributed by atoms with Crippen LogP contribution < -0.4 is 11.3 Å². The largest absolute Gasteiger partial charge is 0.522 e. The number of amides is 1. The Hall–Kier alpha value is -1.43. The van der Waals surface area contributed by atoms with Crippen LogP contribution in [-0.4, -0.2) is 50.5 Å². The van der Waals surface area contributed by atoms with E-state index in [1.54, 1.807) is 5.43 Å². The lowest BCUT2D eigenvalue weighted by Gasteiger charge is -2.32. The second kappa shape index (κ2) is 6.83. The molecule has 0 aromatic rings. The summed E-state index contributed by atoms with van der Waals surface area (Å²) in [5, 5.41) is 0. The highest BCUT2D eigenvalue weighted by Gasteiger charge is 2.52. The Labute approximate surface area is 111 Å². The SMILES string of the molecule is NNC(=O)C1(C(=O)OCCOC(F)(F)F)OCCCO1. The number of nitrogens with one attached hydrogen (secondary N) is 1. The first-order valence-electron chi connectivity index (χ1n) is 5.49. The van der Waals surface area contributed by atoms with Gasteiger partial charge in [0.1, 0.15) is 6.61 Å². The summed E-state index contributed by atoms with van der Waals surface area (Å²) in [6.45, 7) is -1.59. The highest BCUT2D eigenvalue weighted by atomic mass is 19.4. The van der Waals surface area contributed by atoms with Crippen LogP contribution >= 0.6 is 0 Å². The fourth-order valence-corrected chi connectivity index (χ4v) is 1.36. The second-order valence-electron chi connectivity index (χ2n) is 3.57. The van der Waals surface area contributed by atoms with Gasteiger partial charge in [-0.25, -0.2) is 10.6 Å². The summed E-state index contributed by atoms with van der Waals surface area (Å²) in [7, 11) is 0. The molecule has 1 aliphatic rings. The minimum Gasteiger partial charge on any atom is -0.459 e. The molecule has 1 aliphatic heterocycles. The molecule has 116 valence electrons. The van der Waals surface area contributed by atoms with E-state index in [-0.39, 0.29) is 13.2 Å². The van der Waals surface area contributed by atoms with Crippen molar-refractivity contribution in [2.45, 2.75) is 18.6 Å². The molecule has 0 aromatic heterocycles. The molecule has 8 nitrogen and oxygen atoms in total. The van der Waals surface area contributed by atoms with Gasteiger partial charge in [0, 0.05) is 0 Å². The predicted molar refractivity (Wildman–Crippen MR) is 54.5 cm³/mol. The molecule has 0 aliphatic carbocycles. The molecule has 0 spiro atoms. The second-order valence-corrected chi connectivity index (χ2v) is 3.57. The summed E-state index contributed by atoms with van der Waals surface area (Å²) in [6.07, 6.45) is -4.40. The third-order valence-corrected chi connectivity index (χ3v) is 2.18. The number of carbonyl (C=O) groups is 2. The number of halogens is 3. The van der Waals surface area contributed by atoms with E-state index in [2.05, 4.69) is 9.47 Å². The van der Waals surface area contributed by atoms with Crippen molar-refractivity contribution in [1.82, 2.24) is 5.43 Å². The number of hydrazine groups is 1. The summed E-state index contributed by atoms with van der Waals surface area (Å²) >= 11 is 0. The maximum Gasteiger partial charge on any atom is 0.522 e. The summed E-state index contributed by atoms with van der Waals surface area (Å²) in [4.78, 5) is 23.2. The van der Waals surface area contributed by atoms with Crippen LogP contribution in [0.2, 0.25) is 0 Å². The van der Waals surface area contributed by atoms with Crippen LogP contribution in [0.3, 0.4) is 0 Å². The number of hydrogen-bond acceptors (Lipinski definition) is 7. The minimum atomic E-state index is -4.84. The number of esters is 1. The van der Waals surface area contributed by atoms with E-state index in [0.717, 1.165) is 0 Å². The standard InChI is InChI=1S/C9H13F3N2O6/c10-9(11,12)20-5-4-17-7(16)8(6(15)14-13)18-2-1-3-19-8/h1-5,13H2,(H,14,15). The zero-order chi connectivity index (χ0) is 15.2. The van der Waals surface area contributed by atoms with Crippen molar-refractivity contribution >= 4 is 11.9 Å². The van der Waals surface area contributed by atoms with Crippen LogP contribution in [0.1, 0.15) is 6.42 Å². The number of carbonyl (C=O) groups excluding carboxylic acids is 2. The highest BCUT2D eigenvalue weighted by molar-refractivity contribution is 6.04. The Morgan fingerprint density at radius 3 is 2.35 bits per heavy atom. The lowest BCUT2D eigenvalue weighted by molar-refractivity contribution is -0.327. The molecule has 20 heavy (non-hydrogen) atoms. The first-order chi connectivity index (χ1) is 9.32. The number of rotatable bonds is 5. The van der Waals surface area contributed by atoms with Gasteiger partial charge in [-0.05, 0) is 6.42 Å². The van der Waals surface area contributed by atoms with Gasteiger partial charge in [-0.15, -0.1) is 13.2 Å². The summed E-state index contributed by atoms with van der Waals surface area (Å²) in [5.41, 5.74) is 1.67. The third kappa shape index (κ3) is 4.30. The van der Waals surface area contributed by atoms with Crippen molar-refractivity contribution in [2.24, 2.45) is 5.84 Å². The Morgan fingerprint density at radius 1 is 1.25 bits per heavy atom. The summed E-state index contributed by atoms with van der Waals surface area (Å²) in [5.74, 6) is 0.0873. The lowest BCUT2D eigenvalue weighted by atomic mass is 10.2. The van der Waals surface area contributed by atoms with Crippen molar-refractivity contribution < 1.29 is 41.7 Å². The highest BCUT2D eigenvalue weighted by Crippen LogP contribution is 2.21. The van der Waals surface area contributed by atoms with Crippen LogP contribution in [0.25, 0.3) is 0 Å². The molecule has 1 saturated heterocycles. The monoisotopic (exact) mass is 302 g/mol. The zero-order valence-electron chi connectivity index (χ0n) is 10.2. The molecular weight excluding hydrogens is 289 g/mol. The molecule has 0 aromatic carbocycles. The van der Waals surface area contributed by atoms with Gasteiger partial charge in [0.25, 0.3) is 0 Å². The average molecular weight is 302 g/mol. The molecule has 1 amide bonds. The molecule has 0 radical (unpaired) electrons. The summed E-state index contributed by atoms with van der Waals surface area (Å²) < 4.78 is 52.8. The van der Waals surface area contributed by atoms with Crippen LogP contribution in [0.5, 0.6) is 0 Å². The molecule has 1 fully saturated rings. The molecule has 0 unspecified atom stereocenters. The average Bonchev–Trinajstić information content (AvgIpc) is 2.42. The molecule has 0 saturated carbocycles. The van der Waals surface area contributed by atoms with Crippen LogP contribution in [-0.2, 0) is 28.5 Å². The van der Waals surface area contributed by atoms with E-state index < -0.39 is 37.2 Å². The molecule has 1 rings (SSSR count). The van der Waals surface area contributed by atoms with Crippen LogP contribution in [0.4, 0.5) is 13.2 Å². The first kappa shape index (κ1) is 16.6. The molecular formula is C9H13F3N2O6. The van der Waals surface area contributed by atoms with Gasteiger partial charge in [-0.3, -0.25) is 15.0 Å². The first-order valence-corrected chi connectivity index (χ1v) is 5.49. The topological polar surface area (TPSA) is 109 Å². The number of nitrogens with two attached hydrogens (primary N) is 1. The van der Waals surface area contributed by atoms with Gasteiger partial charge in [0.15, 0.2) is 0 Å². The molecule has 1 heterocycles. The van der Waals surface area contributed by atoms with E-state index >= 15 is 0 Å².